The number of pyridine rings is 1. The molecule has 1 fully saturated rings. The van der Waals surface area contributed by atoms with E-state index in [-0.39, 0.29) is 24.1 Å². The SMILES string of the molecule is CCCC(NC(=O)C(C)N1CCC(OCc2ccncc2)C1)c1ccccc1. The Morgan fingerprint density at radius 2 is 2.00 bits per heavy atom. The van der Waals surface area contributed by atoms with Crippen molar-refractivity contribution in [2.75, 3.05) is 13.1 Å². The van der Waals surface area contributed by atoms with Crippen LogP contribution >= 0.6 is 0 Å². The van der Waals surface area contributed by atoms with Gasteiger partial charge in [-0.25, -0.2) is 0 Å². The zero-order valence-corrected chi connectivity index (χ0v) is 16.9. The number of carbonyl (C=O) groups excluding carboxylic acids is 1. The van der Waals surface area contributed by atoms with Crippen LogP contribution in [0.3, 0.4) is 0 Å². The minimum Gasteiger partial charge on any atom is -0.372 e. The van der Waals surface area contributed by atoms with E-state index < -0.39 is 0 Å². The van der Waals surface area contributed by atoms with Gasteiger partial charge in [0.15, 0.2) is 0 Å². The van der Waals surface area contributed by atoms with Crippen molar-refractivity contribution in [2.45, 2.75) is 57.9 Å². The maximum Gasteiger partial charge on any atom is 0.237 e. The molecule has 28 heavy (non-hydrogen) atoms. The molecule has 1 aromatic carbocycles. The number of likely N-dealkylation sites (tertiary alicyclic amines) is 1. The zero-order chi connectivity index (χ0) is 19.8. The highest BCUT2D eigenvalue weighted by atomic mass is 16.5. The van der Waals surface area contributed by atoms with Crippen LogP contribution < -0.4 is 5.32 Å². The first-order valence-electron chi connectivity index (χ1n) is 10.3. The summed E-state index contributed by atoms with van der Waals surface area (Å²) in [5.74, 6) is 0.0945. The smallest absolute Gasteiger partial charge is 0.237 e. The first-order valence-corrected chi connectivity index (χ1v) is 10.3. The Morgan fingerprint density at radius 1 is 1.25 bits per heavy atom. The first-order chi connectivity index (χ1) is 13.7. The van der Waals surface area contributed by atoms with Crippen molar-refractivity contribution >= 4 is 5.91 Å². The van der Waals surface area contributed by atoms with Gasteiger partial charge in [0, 0.05) is 25.5 Å². The van der Waals surface area contributed by atoms with Crippen molar-refractivity contribution < 1.29 is 9.53 Å². The van der Waals surface area contributed by atoms with E-state index >= 15 is 0 Å². The highest BCUT2D eigenvalue weighted by molar-refractivity contribution is 5.81. The van der Waals surface area contributed by atoms with E-state index in [1.165, 1.54) is 5.56 Å². The van der Waals surface area contributed by atoms with Gasteiger partial charge < -0.3 is 10.1 Å². The quantitative estimate of drug-likeness (QED) is 0.719. The summed E-state index contributed by atoms with van der Waals surface area (Å²) in [4.78, 5) is 19.1. The highest BCUT2D eigenvalue weighted by Gasteiger charge is 2.31. The molecule has 2 heterocycles. The Morgan fingerprint density at radius 3 is 2.71 bits per heavy atom. The van der Waals surface area contributed by atoms with Gasteiger partial charge in [-0.2, -0.15) is 0 Å². The molecular formula is C23H31N3O2. The van der Waals surface area contributed by atoms with Gasteiger partial charge in [-0.15, -0.1) is 0 Å². The van der Waals surface area contributed by atoms with E-state index in [0.29, 0.717) is 6.61 Å². The number of nitrogens with zero attached hydrogens (tertiary/aromatic N) is 2. The van der Waals surface area contributed by atoms with Crippen molar-refractivity contribution in [1.29, 1.82) is 0 Å². The summed E-state index contributed by atoms with van der Waals surface area (Å²) in [6.45, 7) is 6.42. The second-order valence-corrected chi connectivity index (χ2v) is 7.51. The summed E-state index contributed by atoms with van der Waals surface area (Å²) in [7, 11) is 0. The number of ether oxygens (including phenoxy) is 1. The van der Waals surface area contributed by atoms with Crippen LogP contribution in [0.4, 0.5) is 0 Å². The fraction of sp³-hybridized carbons (Fsp3) is 0.478. The Hall–Kier alpha value is -2.24. The van der Waals surface area contributed by atoms with Crippen LogP contribution in [0.2, 0.25) is 0 Å². The number of hydrogen-bond donors (Lipinski definition) is 1. The van der Waals surface area contributed by atoms with Gasteiger partial charge >= 0.3 is 0 Å². The lowest BCUT2D eigenvalue weighted by Crippen LogP contribution is -2.45. The molecule has 2 aromatic rings. The maximum atomic E-state index is 12.9. The van der Waals surface area contributed by atoms with E-state index in [9.17, 15) is 4.79 Å². The number of nitrogens with one attached hydrogen (secondary N) is 1. The molecule has 1 aromatic heterocycles. The van der Waals surface area contributed by atoms with E-state index in [0.717, 1.165) is 37.9 Å². The largest absolute Gasteiger partial charge is 0.372 e. The van der Waals surface area contributed by atoms with Crippen LogP contribution in [-0.2, 0) is 16.1 Å². The summed E-state index contributed by atoms with van der Waals surface area (Å²) in [5, 5.41) is 3.26. The molecule has 1 amide bonds. The number of carbonyl (C=O) groups is 1. The van der Waals surface area contributed by atoms with Gasteiger partial charge in [-0.05, 0) is 43.0 Å². The van der Waals surface area contributed by atoms with Gasteiger partial charge in [0.1, 0.15) is 0 Å². The maximum absolute atomic E-state index is 12.9. The lowest BCUT2D eigenvalue weighted by Gasteiger charge is -2.26. The Kier molecular flexibility index (Phi) is 7.57. The third-order valence-electron chi connectivity index (χ3n) is 5.43. The Bertz CT molecular complexity index is 723. The molecule has 3 rings (SSSR count). The molecule has 0 spiro atoms. The highest BCUT2D eigenvalue weighted by Crippen LogP contribution is 2.21. The molecule has 0 radical (unpaired) electrons. The lowest BCUT2D eigenvalue weighted by atomic mass is 10.0. The monoisotopic (exact) mass is 381 g/mol. The number of hydrogen-bond acceptors (Lipinski definition) is 4. The van der Waals surface area contributed by atoms with Crippen LogP contribution in [0.25, 0.3) is 0 Å². The van der Waals surface area contributed by atoms with Crippen LogP contribution in [0.15, 0.2) is 54.9 Å². The lowest BCUT2D eigenvalue weighted by molar-refractivity contribution is -0.126. The fourth-order valence-corrected chi connectivity index (χ4v) is 3.69. The summed E-state index contributed by atoms with van der Waals surface area (Å²) >= 11 is 0. The molecule has 1 saturated heterocycles. The van der Waals surface area contributed by atoms with Crippen molar-refractivity contribution in [3.63, 3.8) is 0 Å². The normalized spacial score (nSPS) is 19.3. The summed E-state index contributed by atoms with van der Waals surface area (Å²) in [5.41, 5.74) is 2.30. The number of rotatable bonds is 9. The molecular weight excluding hydrogens is 350 g/mol. The average Bonchev–Trinajstić information content (AvgIpc) is 3.22. The van der Waals surface area contributed by atoms with Crippen LogP contribution in [0.5, 0.6) is 0 Å². The zero-order valence-electron chi connectivity index (χ0n) is 16.9. The van der Waals surface area contributed by atoms with Gasteiger partial charge in [0.2, 0.25) is 5.91 Å². The van der Waals surface area contributed by atoms with Crippen molar-refractivity contribution in [3.05, 3.63) is 66.0 Å². The third kappa shape index (κ3) is 5.63. The molecule has 1 N–H and O–H groups in total. The molecule has 0 bridgehead atoms. The van der Waals surface area contributed by atoms with Crippen LogP contribution in [-0.4, -0.2) is 41.0 Å². The van der Waals surface area contributed by atoms with Gasteiger partial charge in [-0.3, -0.25) is 14.7 Å². The molecule has 1 aliphatic heterocycles. The molecule has 150 valence electrons. The Balaban J connectivity index is 1.50. The second-order valence-electron chi connectivity index (χ2n) is 7.51. The average molecular weight is 382 g/mol. The second kappa shape index (κ2) is 10.3. The molecule has 5 nitrogen and oxygen atoms in total. The van der Waals surface area contributed by atoms with E-state index in [2.05, 4.69) is 34.3 Å². The van der Waals surface area contributed by atoms with Crippen LogP contribution in [0.1, 0.15) is 50.3 Å². The summed E-state index contributed by atoms with van der Waals surface area (Å²) in [6, 6.07) is 14.1. The van der Waals surface area contributed by atoms with Gasteiger partial charge in [0.05, 0.1) is 24.8 Å². The number of benzene rings is 1. The standard InChI is InChI=1S/C23H31N3O2/c1-3-7-22(20-8-5-4-6-9-20)25-23(27)18(2)26-15-12-21(16-26)28-17-19-10-13-24-14-11-19/h4-6,8-11,13-14,18,21-22H,3,7,12,15-17H2,1-2H3,(H,25,27). The van der Waals surface area contributed by atoms with Gasteiger partial charge in [0.25, 0.3) is 0 Å². The van der Waals surface area contributed by atoms with E-state index in [4.69, 9.17) is 4.74 Å². The Labute approximate surface area is 168 Å². The molecule has 5 heteroatoms. The molecule has 3 atom stereocenters. The molecule has 1 aliphatic rings. The van der Waals surface area contributed by atoms with Crippen molar-refractivity contribution in [1.82, 2.24) is 15.2 Å². The summed E-state index contributed by atoms with van der Waals surface area (Å²) in [6.07, 6.45) is 6.67. The third-order valence-corrected chi connectivity index (χ3v) is 5.43. The molecule has 0 saturated carbocycles. The predicted molar refractivity (Wildman–Crippen MR) is 111 cm³/mol. The van der Waals surface area contributed by atoms with Crippen molar-refractivity contribution in [3.8, 4) is 0 Å². The van der Waals surface area contributed by atoms with Gasteiger partial charge in [-0.1, -0.05) is 43.7 Å². The van der Waals surface area contributed by atoms with Crippen molar-refractivity contribution in [2.24, 2.45) is 0 Å². The number of amides is 1. The molecule has 3 unspecified atom stereocenters. The fourth-order valence-electron chi connectivity index (χ4n) is 3.69. The predicted octanol–water partition coefficient (Wildman–Crippen LogP) is 3.72. The first kappa shape index (κ1) is 20.5. The summed E-state index contributed by atoms with van der Waals surface area (Å²) < 4.78 is 6.04. The number of aromatic nitrogens is 1. The topological polar surface area (TPSA) is 54.5 Å². The molecule has 0 aliphatic carbocycles. The minimum atomic E-state index is -0.155. The van der Waals surface area contributed by atoms with E-state index in [1.54, 1.807) is 12.4 Å². The van der Waals surface area contributed by atoms with E-state index in [1.807, 2.05) is 37.3 Å². The minimum absolute atomic E-state index is 0.0718. The van der Waals surface area contributed by atoms with Crippen LogP contribution in [0, 0.1) is 0 Å².